The third-order valence-electron chi connectivity index (χ3n) is 3.65. The highest BCUT2D eigenvalue weighted by Crippen LogP contribution is 2.32. The molecule has 0 saturated carbocycles. The molecule has 1 atom stereocenters. The van der Waals surface area contributed by atoms with Crippen molar-refractivity contribution in [2.24, 2.45) is 5.41 Å². The molecule has 0 aromatic rings. The molecule has 5 heteroatoms. The number of carbonyl (C=O) groups excluding carboxylic acids is 1. The van der Waals surface area contributed by atoms with Crippen LogP contribution in [0.1, 0.15) is 25.7 Å². The van der Waals surface area contributed by atoms with E-state index in [0.29, 0.717) is 39.1 Å². The van der Waals surface area contributed by atoms with E-state index in [0.717, 1.165) is 12.8 Å². The molecule has 1 amide bonds. The van der Waals surface area contributed by atoms with Crippen LogP contribution in [-0.2, 0) is 9.53 Å². The van der Waals surface area contributed by atoms with Crippen LogP contribution in [0.15, 0.2) is 0 Å². The van der Waals surface area contributed by atoms with Gasteiger partial charge in [-0.15, -0.1) is 0 Å². The maximum Gasteiger partial charge on any atom is 0.243 e. The Morgan fingerprint density at radius 2 is 2.18 bits per heavy atom. The Labute approximate surface area is 101 Å². The Morgan fingerprint density at radius 1 is 1.47 bits per heavy atom. The van der Waals surface area contributed by atoms with E-state index in [2.05, 4.69) is 6.07 Å². The van der Waals surface area contributed by atoms with Crippen LogP contribution in [-0.4, -0.2) is 48.3 Å². The first-order chi connectivity index (χ1) is 8.18. The number of piperidine rings is 1. The Hall–Kier alpha value is -1.12. The molecule has 2 saturated heterocycles. The van der Waals surface area contributed by atoms with Gasteiger partial charge in [0.2, 0.25) is 5.91 Å². The van der Waals surface area contributed by atoms with Crippen molar-refractivity contribution in [2.75, 3.05) is 26.3 Å². The van der Waals surface area contributed by atoms with Gasteiger partial charge in [0, 0.05) is 26.3 Å². The van der Waals surface area contributed by atoms with Crippen LogP contribution in [0.5, 0.6) is 0 Å². The number of ether oxygens (including phenoxy) is 1. The van der Waals surface area contributed by atoms with Gasteiger partial charge in [-0.1, -0.05) is 0 Å². The first kappa shape index (κ1) is 12.3. The van der Waals surface area contributed by atoms with Gasteiger partial charge in [-0.05, 0) is 25.7 Å². The summed E-state index contributed by atoms with van der Waals surface area (Å²) in [6.45, 7) is 1.95. The zero-order chi connectivity index (χ0) is 12.3. The molecule has 0 bridgehead atoms. The van der Waals surface area contributed by atoms with Crippen molar-refractivity contribution in [3.8, 4) is 6.07 Å². The molecule has 0 aliphatic carbocycles. The number of nitrogens with zero attached hydrogens (tertiary/aromatic N) is 2. The third-order valence-corrected chi connectivity index (χ3v) is 3.65. The Bertz CT molecular complexity index is 331. The van der Waals surface area contributed by atoms with Crippen LogP contribution >= 0.6 is 0 Å². The van der Waals surface area contributed by atoms with Gasteiger partial charge >= 0.3 is 0 Å². The van der Waals surface area contributed by atoms with Crippen LogP contribution in [0, 0.1) is 16.7 Å². The lowest BCUT2D eigenvalue weighted by molar-refractivity contribution is -0.146. The second-order valence-electron chi connectivity index (χ2n) is 4.85. The van der Waals surface area contributed by atoms with Crippen LogP contribution in [0.3, 0.4) is 0 Å². The predicted octanol–water partition coefficient (Wildman–Crippen LogP) is 0.290. The molecule has 5 nitrogen and oxygen atoms in total. The van der Waals surface area contributed by atoms with Crippen molar-refractivity contribution in [1.82, 2.24) is 4.90 Å². The summed E-state index contributed by atoms with van der Waals surface area (Å²) in [7, 11) is 0. The van der Waals surface area contributed by atoms with Crippen molar-refractivity contribution in [3.05, 3.63) is 0 Å². The fourth-order valence-electron chi connectivity index (χ4n) is 2.54. The maximum atomic E-state index is 12.4. The SMILES string of the molecule is N#CC1(C(=O)N2CCC[C@H](O)C2)CCOCC1. The first-order valence-corrected chi connectivity index (χ1v) is 6.14. The molecule has 0 spiro atoms. The highest BCUT2D eigenvalue weighted by molar-refractivity contribution is 5.85. The monoisotopic (exact) mass is 238 g/mol. The summed E-state index contributed by atoms with van der Waals surface area (Å²) in [5, 5.41) is 18.9. The molecule has 0 radical (unpaired) electrons. The molecule has 2 rings (SSSR count). The largest absolute Gasteiger partial charge is 0.391 e. The fourth-order valence-corrected chi connectivity index (χ4v) is 2.54. The molecular weight excluding hydrogens is 220 g/mol. The van der Waals surface area contributed by atoms with Crippen LogP contribution in [0.25, 0.3) is 0 Å². The number of aliphatic hydroxyl groups is 1. The lowest BCUT2D eigenvalue weighted by atomic mass is 9.80. The van der Waals surface area contributed by atoms with Crippen molar-refractivity contribution >= 4 is 5.91 Å². The van der Waals surface area contributed by atoms with Crippen LogP contribution in [0.2, 0.25) is 0 Å². The van der Waals surface area contributed by atoms with E-state index in [1.54, 1.807) is 4.90 Å². The molecule has 17 heavy (non-hydrogen) atoms. The number of aliphatic hydroxyl groups excluding tert-OH is 1. The second kappa shape index (κ2) is 5.03. The number of amides is 1. The van der Waals surface area contributed by atoms with Crippen molar-refractivity contribution in [2.45, 2.75) is 31.8 Å². The lowest BCUT2D eigenvalue weighted by Crippen LogP contribution is -2.50. The second-order valence-corrected chi connectivity index (χ2v) is 4.85. The van der Waals surface area contributed by atoms with Gasteiger partial charge in [-0.2, -0.15) is 5.26 Å². The summed E-state index contributed by atoms with van der Waals surface area (Å²) in [5.74, 6) is -0.123. The number of β-amino-alcohol motifs (C(OH)–C–C–N with tert-alkyl or cyclic N) is 1. The number of rotatable bonds is 1. The number of nitriles is 1. The van der Waals surface area contributed by atoms with E-state index in [1.165, 1.54) is 0 Å². The van der Waals surface area contributed by atoms with Gasteiger partial charge < -0.3 is 14.7 Å². The third kappa shape index (κ3) is 2.43. The highest BCUT2D eigenvalue weighted by atomic mass is 16.5. The summed E-state index contributed by atoms with van der Waals surface area (Å²) >= 11 is 0. The zero-order valence-electron chi connectivity index (χ0n) is 9.89. The van der Waals surface area contributed by atoms with Crippen molar-refractivity contribution < 1.29 is 14.6 Å². The summed E-state index contributed by atoms with van der Waals surface area (Å²) in [6, 6.07) is 2.18. The van der Waals surface area contributed by atoms with Gasteiger partial charge in [0.05, 0.1) is 12.2 Å². The molecule has 0 aromatic carbocycles. The Kier molecular flexibility index (Phi) is 3.65. The molecule has 94 valence electrons. The van der Waals surface area contributed by atoms with E-state index in [4.69, 9.17) is 4.74 Å². The molecule has 2 aliphatic heterocycles. The van der Waals surface area contributed by atoms with Crippen LogP contribution in [0.4, 0.5) is 0 Å². The number of likely N-dealkylation sites (tertiary alicyclic amines) is 1. The summed E-state index contributed by atoms with van der Waals surface area (Å²) < 4.78 is 5.21. The molecule has 1 N–H and O–H groups in total. The predicted molar refractivity (Wildman–Crippen MR) is 59.9 cm³/mol. The molecular formula is C12H18N2O3. The Morgan fingerprint density at radius 3 is 2.76 bits per heavy atom. The van der Waals surface area contributed by atoms with Crippen LogP contribution < -0.4 is 0 Å². The Balaban J connectivity index is 2.09. The maximum absolute atomic E-state index is 12.4. The van der Waals surface area contributed by atoms with Gasteiger partial charge in [0.15, 0.2) is 0 Å². The lowest BCUT2D eigenvalue weighted by Gasteiger charge is -2.37. The van der Waals surface area contributed by atoms with Gasteiger partial charge in [0.25, 0.3) is 0 Å². The van der Waals surface area contributed by atoms with E-state index in [1.807, 2.05) is 0 Å². The minimum atomic E-state index is -0.921. The van der Waals surface area contributed by atoms with E-state index >= 15 is 0 Å². The average molecular weight is 238 g/mol. The highest BCUT2D eigenvalue weighted by Gasteiger charge is 2.43. The fraction of sp³-hybridized carbons (Fsp3) is 0.833. The zero-order valence-corrected chi connectivity index (χ0v) is 9.89. The summed E-state index contributed by atoms with van der Waals surface area (Å²) in [5.41, 5.74) is -0.921. The minimum absolute atomic E-state index is 0.123. The first-order valence-electron chi connectivity index (χ1n) is 6.14. The topological polar surface area (TPSA) is 73.6 Å². The average Bonchev–Trinajstić information content (AvgIpc) is 2.38. The molecule has 0 unspecified atom stereocenters. The summed E-state index contributed by atoms with van der Waals surface area (Å²) in [4.78, 5) is 14.0. The van der Waals surface area contributed by atoms with Gasteiger partial charge in [0.1, 0.15) is 5.41 Å². The number of hydrogen-bond donors (Lipinski definition) is 1. The normalized spacial score (nSPS) is 28.5. The number of carbonyl (C=O) groups is 1. The van der Waals surface area contributed by atoms with E-state index in [-0.39, 0.29) is 5.91 Å². The van der Waals surface area contributed by atoms with Gasteiger partial charge in [-0.3, -0.25) is 4.79 Å². The van der Waals surface area contributed by atoms with Gasteiger partial charge in [-0.25, -0.2) is 0 Å². The molecule has 2 fully saturated rings. The standard InChI is InChI=1S/C12H18N2O3/c13-9-12(3-6-17-7-4-12)11(16)14-5-1-2-10(15)8-14/h10,15H,1-8H2/t10-/m0/s1. The summed E-state index contributed by atoms with van der Waals surface area (Å²) in [6.07, 6.45) is 2.05. The quantitative estimate of drug-likeness (QED) is 0.712. The van der Waals surface area contributed by atoms with Crippen molar-refractivity contribution in [1.29, 1.82) is 5.26 Å². The minimum Gasteiger partial charge on any atom is -0.391 e. The number of hydrogen-bond acceptors (Lipinski definition) is 4. The molecule has 0 aromatic heterocycles. The van der Waals surface area contributed by atoms with E-state index in [9.17, 15) is 15.2 Å². The van der Waals surface area contributed by atoms with Crippen molar-refractivity contribution in [3.63, 3.8) is 0 Å². The molecule has 2 aliphatic rings. The molecule has 2 heterocycles. The van der Waals surface area contributed by atoms with E-state index < -0.39 is 11.5 Å². The smallest absolute Gasteiger partial charge is 0.243 e.